The van der Waals surface area contributed by atoms with Crippen molar-refractivity contribution < 1.29 is 9.59 Å². The lowest BCUT2D eigenvalue weighted by atomic mass is 10.1. The fourth-order valence-corrected chi connectivity index (χ4v) is 3.94. The Morgan fingerprint density at radius 2 is 1.82 bits per heavy atom. The van der Waals surface area contributed by atoms with Gasteiger partial charge in [0.25, 0.3) is 0 Å². The second kappa shape index (κ2) is 11.1. The topological polar surface area (TPSA) is 49.4 Å². The second-order valence-corrected chi connectivity index (χ2v) is 8.05. The average Bonchev–Trinajstić information content (AvgIpc) is 2.68. The van der Waals surface area contributed by atoms with Crippen LogP contribution in [-0.2, 0) is 21.9 Å². The van der Waals surface area contributed by atoms with Crippen LogP contribution < -0.4 is 5.32 Å². The lowest BCUT2D eigenvalue weighted by Crippen LogP contribution is -2.48. The summed E-state index contributed by atoms with van der Waals surface area (Å²) in [4.78, 5) is 26.9. The number of benzene rings is 2. The van der Waals surface area contributed by atoms with Crippen LogP contribution in [0.25, 0.3) is 0 Å². The van der Waals surface area contributed by atoms with Crippen LogP contribution in [0.1, 0.15) is 30.5 Å². The van der Waals surface area contributed by atoms with Crippen molar-refractivity contribution in [1.29, 1.82) is 0 Å². The molecule has 4 nitrogen and oxygen atoms in total. The molecule has 0 aliphatic heterocycles. The van der Waals surface area contributed by atoms with Crippen molar-refractivity contribution in [2.45, 2.75) is 39.1 Å². The standard InChI is InChI=1S/C22H27ClN2O2S/c1-4-24-22(27)17(3)25(13-18-11-9-16(2)10-12-18)21(26)15-28-14-19-7-5-6-8-20(19)23/h5-12,17H,4,13-15H2,1-3H3,(H,24,27)/t17-/m1/s1. The fraction of sp³-hybridized carbons (Fsp3) is 0.364. The van der Waals surface area contributed by atoms with E-state index in [1.54, 1.807) is 11.8 Å². The number of likely N-dealkylation sites (N-methyl/N-ethyl adjacent to an activating group) is 1. The number of carbonyl (C=O) groups is 2. The number of nitrogens with zero attached hydrogens (tertiary/aromatic N) is 1. The van der Waals surface area contributed by atoms with Gasteiger partial charge in [-0.15, -0.1) is 11.8 Å². The van der Waals surface area contributed by atoms with E-state index in [1.165, 1.54) is 11.8 Å². The van der Waals surface area contributed by atoms with E-state index in [1.807, 2.05) is 62.4 Å². The lowest BCUT2D eigenvalue weighted by Gasteiger charge is -2.28. The van der Waals surface area contributed by atoms with Crippen molar-refractivity contribution in [3.63, 3.8) is 0 Å². The number of thioether (sulfide) groups is 1. The van der Waals surface area contributed by atoms with Gasteiger partial charge in [0.05, 0.1) is 5.75 Å². The van der Waals surface area contributed by atoms with Gasteiger partial charge in [0.2, 0.25) is 11.8 Å². The minimum absolute atomic E-state index is 0.0589. The van der Waals surface area contributed by atoms with E-state index >= 15 is 0 Å². The number of rotatable bonds is 9. The van der Waals surface area contributed by atoms with E-state index in [0.717, 1.165) is 16.7 Å². The van der Waals surface area contributed by atoms with Gasteiger partial charge in [-0.05, 0) is 38.0 Å². The van der Waals surface area contributed by atoms with Crippen LogP contribution in [0.2, 0.25) is 5.02 Å². The molecule has 150 valence electrons. The third kappa shape index (κ3) is 6.57. The molecule has 2 aromatic carbocycles. The van der Waals surface area contributed by atoms with E-state index in [9.17, 15) is 9.59 Å². The zero-order valence-corrected chi connectivity index (χ0v) is 18.1. The highest BCUT2D eigenvalue weighted by Crippen LogP contribution is 2.21. The Morgan fingerprint density at radius 3 is 2.46 bits per heavy atom. The number of halogens is 1. The molecule has 2 amide bonds. The van der Waals surface area contributed by atoms with Gasteiger partial charge in [-0.3, -0.25) is 9.59 Å². The van der Waals surface area contributed by atoms with Crippen molar-refractivity contribution in [2.24, 2.45) is 0 Å². The maximum atomic E-state index is 12.9. The number of carbonyl (C=O) groups excluding carboxylic acids is 2. The molecule has 0 unspecified atom stereocenters. The molecule has 0 spiro atoms. The first-order valence-electron chi connectivity index (χ1n) is 9.36. The van der Waals surface area contributed by atoms with Crippen molar-refractivity contribution in [1.82, 2.24) is 10.2 Å². The summed E-state index contributed by atoms with van der Waals surface area (Å²) in [5, 5.41) is 3.51. The van der Waals surface area contributed by atoms with Gasteiger partial charge in [0, 0.05) is 23.9 Å². The van der Waals surface area contributed by atoms with Crippen LogP contribution in [0, 0.1) is 6.92 Å². The van der Waals surface area contributed by atoms with Crippen LogP contribution in [0.5, 0.6) is 0 Å². The molecule has 2 rings (SSSR count). The summed E-state index contributed by atoms with van der Waals surface area (Å²) < 4.78 is 0. The molecule has 0 radical (unpaired) electrons. The van der Waals surface area contributed by atoms with Gasteiger partial charge >= 0.3 is 0 Å². The number of nitrogens with one attached hydrogen (secondary N) is 1. The highest BCUT2D eigenvalue weighted by atomic mass is 35.5. The molecule has 0 fully saturated rings. The van der Waals surface area contributed by atoms with Gasteiger partial charge in [0.15, 0.2) is 0 Å². The van der Waals surface area contributed by atoms with E-state index in [-0.39, 0.29) is 11.8 Å². The SMILES string of the molecule is CCNC(=O)[C@@H](C)N(Cc1ccc(C)cc1)C(=O)CSCc1ccccc1Cl. The summed E-state index contributed by atoms with van der Waals surface area (Å²) in [7, 11) is 0. The molecule has 0 heterocycles. The Hall–Kier alpha value is -1.98. The summed E-state index contributed by atoms with van der Waals surface area (Å²) in [5.41, 5.74) is 3.17. The maximum Gasteiger partial charge on any atom is 0.242 e. The number of amides is 2. The Kier molecular flexibility index (Phi) is 8.87. The molecule has 0 bridgehead atoms. The van der Waals surface area contributed by atoms with E-state index in [4.69, 9.17) is 11.6 Å². The quantitative estimate of drug-likeness (QED) is 0.655. The van der Waals surface area contributed by atoms with Gasteiger partial charge in [-0.25, -0.2) is 0 Å². The van der Waals surface area contributed by atoms with Gasteiger partial charge < -0.3 is 10.2 Å². The van der Waals surface area contributed by atoms with Gasteiger partial charge in [0.1, 0.15) is 6.04 Å². The summed E-state index contributed by atoms with van der Waals surface area (Å²) in [6, 6.07) is 15.1. The third-order valence-electron chi connectivity index (χ3n) is 4.43. The van der Waals surface area contributed by atoms with Gasteiger partial charge in [-0.2, -0.15) is 0 Å². The number of aryl methyl sites for hydroxylation is 1. The largest absolute Gasteiger partial charge is 0.355 e. The highest BCUT2D eigenvalue weighted by molar-refractivity contribution is 7.99. The molecule has 2 aromatic rings. The van der Waals surface area contributed by atoms with Crippen LogP contribution in [0.3, 0.4) is 0 Å². The summed E-state index contributed by atoms with van der Waals surface area (Å²) in [6.45, 7) is 6.61. The molecule has 0 saturated carbocycles. The molecular formula is C22H27ClN2O2S. The first kappa shape index (κ1) is 22.3. The van der Waals surface area contributed by atoms with E-state index in [0.29, 0.717) is 29.6 Å². The molecule has 1 atom stereocenters. The molecule has 0 aromatic heterocycles. The highest BCUT2D eigenvalue weighted by Gasteiger charge is 2.25. The Morgan fingerprint density at radius 1 is 1.14 bits per heavy atom. The average molecular weight is 419 g/mol. The normalized spacial score (nSPS) is 11.7. The second-order valence-electron chi connectivity index (χ2n) is 6.66. The lowest BCUT2D eigenvalue weighted by molar-refractivity contribution is -0.138. The molecule has 0 saturated heterocycles. The molecular weight excluding hydrogens is 392 g/mol. The first-order chi connectivity index (χ1) is 13.4. The van der Waals surface area contributed by atoms with Crippen LogP contribution in [-0.4, -0.2) is 35.1 Å². The molecule has 0 aliphatic rings. The predicted molar refractivity (Wildman–Crippen MR) is 117 cm³/mol. The summed E-state index contributed by atoms with van der Waals surface area (Å²) in [5.74, 6) is 0.746. The summed E-state index contributed by atoms with van der Waals surface area (Å²) in [6.07, 6.45) is 0. The zero-order chi connectivity index (χ0) is 20.5. The smallest absolute Gasteiger partial charge is 0.242 e. The summed E-state index contributed by atoms with van der Waals surface area (Å²) >= 11 is 7.69. The van der Waals surface area contributed by atoms with Crippen LogP contribution in [0.4, 0.5) is 0 Å². The number of hydrogen-bond donors (Lipinski definition) is 1. The van der Waals surface area contributed by atoms with Crippen molar-refractivity contribution >= 4 is 35.2 Å². The Labute approximate surface area is 176 Å². The van der Waals surface area contributed by atoms with Crippen LogP contribution in [0.15, 0.2) is 48.5 Å². The maximum absolute atomic E-state index is 12.9. The minimum Gasteiger partial charge on any atom is -0.355 e. The third-order valence-corrected chi connectivity index (χ3v) is 5.77. The van der Waals surface area contributed by atoms with Gasteiger partial charge in [-0.1, -0.05) is 59.6 Å². The first-order valence-corrected chi connectivity index (χ1v) is 10.9. The Bertz CT molecular complexity index is 795. The van der Waals surface area contributed by atoms with Crippen molar-refractivity contribution in [2.75, 3.05) is 12.3 Å². The Balaban J connectivity index is 2.05. The van der Waals surface area contributed by atoms with Crippen molar-refractivity contribution in [3.8, 4) is 0 Å². The zero-order valence-electron chi connectivity index (χ0n) is 16.6. The molecule has 6 heteroatoms. The van der Waals surface area contributed by atoms with Crippen molar-refractivity contribution in [3.05, 3.63) is 70.2 Å². The monoisotopic (exact) mass is 418 g/mol. The van der Waals surface area contributed by atoms with E-state index < -0.39 is 6.04 Å². The van der Waals surface area contributed by atoms with E-state index in [2.05, 4.69) is 5.32 Å². The number of hydrogen-bond acceptors (Lipinski definition) is 3. The molecule has 0 aliphatic carbocycles. The van der Waals surface area contributed by atoms with Crippen LogP contribution >= 0.6 is 23.4 Å². The molecule has 1 N–H and O–H groups in total. The molecule has 28 heavy (non-hydrogen) atoms. The fourth-order valence-electron chi connectivity index (χ4n) is 2.74. The predicted octanol–water partition coefficient (Wildman–Crippen LogP) is 4.44. The minimum atomic E-state index is -0.533.